The lowest BCUT2D eigenvalue weighted by atomic mass is 10.1. The minimum absolute atomic E-state index is 0.0950. The molecule has 0 bridgehead atoms. The van der Waals surface area contributed by atoms with Gasteiger partial charge in [0.1, 0.15) is 5.65 Å². The van der Waals surface area contributed by atoms with Crippen molar-refractivity contribution in [3.63, 3.8) is 0 Å². The maximum Gasteiger partial charge on any atom is 0.492 e. The zero-order valence-corrected chi connectivity index (χ0v) is 13.6. The highest BCUT2D eigenvalue weighted by molar-refractivity contribution is 9.10. The van der Waals surface area contributed by atoms with Crippen molar-refractivity contribution in [3.8, 4) is 0 Å². The minimum Gasteiger partial charge on any atom is -0.360 e. The van der Waals surface area contributed by atoms with E-state index in [1.54, 1.807) is 22.9 Å². The molecule has 5 nitrogen and oxygen atoms in total. The number of rotatable bonds is 2. The number of hydroxylamine groups is 2. The Kier molecular flexibility index (Phi) is 4.09. The summed E-state index contributed by atoms with van der Waals surface area (Å²) < 4.78 is 39.9. The van der Waals surface area contributed by atoms with E-state index in [-0.39, 0.29) is 12.5 Å². The highest BCUT2D eigenvalue weighted by atomic mass is 79.9. The van der Waals surface area contributed by atoms with Crippen molar-refractivity contribution in [2.75, 3.05) is 6.54 Å². The predicted octanol–water partition coefficient (Wildman–Crippen LogP) is 3.50. The molecule has 1 aliphatic rings. The van der Waals surface area contributed by atoms with Gasteiger partial charge in [0.2, 0.25) is 0 Å². The third-order valence-corrected chi connectivity index (χ3v) is 4.14. The zero-order chi connectivity index (χ0) is 16.8. The average Bonchev–Trinajstić information content (AvgIpc) is 3.00. The van der Waals surface area contributed by atoms with Gasteiger partial charge in [-0.05, 0) is 40.4 Å². The van der Waals surface area contributed by atoms with E-state index in [0.717, 1.165) is 9.54 Å². The quantitative estimate of drug-likeness (QED) is 0.785. The lowest BCUT2D eigenvalue weighted by molar-refractivity contribution is -0.242. The van der Waals surface area contributed by atoms with Crippen LogP contribution in [0.1, 0.15) is 25.1 Å². The van der Waals surface area contributed by atoms with E-state index in [9.17, 15) is 18.0 Å². The molecule has 2 aromatic rings. The van der Waals surface area contributed by atoms with Crippen LogP contribution in [0.15, 0.2) is 29.0 Å². The molecule has 0 spiro atoms. The summed E-state index contributed by atoms with van der Waals surface area (Å²) in [5, 5.41) is 1.08. The molecule has 3 heterocycles. The Hall–Kier alpha value is -1.61. The number of hydrogen-bond donors (Lipinski definition) is 0. The van der Waals surface area contributed by atoms with E-state index < -0.39 is 18.2 Å². The van der Waals surface area contributed by atoms with Gasteiger partial charge in [-0.3, -0.25) is 0 Å². The summed E-state index contributed by atoms with van der Waals surface area (Å²) in [5.41, 5.74) is 1.24. The molecule has 1 saturated heterocycles. The van der Waals surface area contributed by atoms with Crippen molar-refractivity contribution in [2.24, 2.45) is 5.92 Å². The molecule has 0 aromatic carbocycles. The van der Waals surface area contributed by atoms with Gasteiger partial charge >= 0.3 is 12.1 Å². The van der Waals surface area contributed by atoms with Gasteiger partial charge in [-0.25, -0.2) is 9.78 Å². The summed E-state index contributed by atoms with van der Waals surface area (Å²) in [7, 11) is 0. The van der Waals surface area contributed by atoms with Crippen LogP contribution >= 0.6 is 15.9 Å². The summed E-state index contributed by atoms with van der Waals surface area (Å²) in [5.74, 6) is -2.11. The van der Waals surface area contributed by atoms with Crippen LogP contribution in [0.5, 0.6) is 0 Å². The van der Waals surface area contributed by atoms with Crippen LogP contribution in [-0.2, 0) is 9.63 Å². The Bertz CT molecular complexity index is 746. The van der Waals surface area contributed by atoms with E-state index in [2.05, 4.69) is 25.8 Å². The van der Waals surface area contributed by atoms with Crippen LogP contribution in [0.25, 0.3) is 5.65 Å². The number of aromatic nitrogens is 2. The van der Waals surface area contributed by atoms with Crippen LogP contribution in [0.3, 0.4) is 0 Å². The molecule has 23 heavy (non-hydrogen) atoms. The average molecular weight is 392 g/mol. The van der Waals surface area contributed by atoms with Crippen molar-refractivity contribution < 1.29 is 22.8 Å². The van der Waals surface area contributed by atoms with Gasteiger partial charge < -0.3 is 9.24 Å². The van der Waals surface area contributed by atoms with Gasteiger partial charge in [-0.15, -0.1) is 5.06 Å². The highest BCUT2D eigenvalue weighted by Gasteiger charge is 2.45. The second kappa shape index (κ2) is 5.79. The summed E-state index contributed by atoms with van der Waals surface area (Å²) in [6, 6.07) is 3.12. The van der Waals surface area contributed by atoms with Crippen molar-refractivity contribution in [3.05, 3.63) is 34.7 Å². The van der Waals surface area contributed by atoms with Crippen molar-refractivity contribution in [1.29, 1.82) is 0 Å². The Labute approximate surface area is 138 Å². The Balaban J connectivity index is 1.87. The minimum atomic E-state index is -5.01. The third-order valence-electron chi connectivity index (χ3n) is 3.67. The molecule has 3 rings (SSSR count). The van der Waals surface area contributed by atoms with E-state index in [0.29, 0.717) is 17.8 Å². The van der Waals surface area contributed by atoms with Gasteiger partial charge in [0.05, 0.1) is 11.7 Å². The van der Waals surface area contributed by atoms with Crippen LogP contribution < -0.4 is 0 Å². The van der Waals surface area contributed by atoms with Crippen molar-refractivity contribution in [2.45, 2.75) is 25.6 Å². The van der Waals surface area contributed by atoms with Gasteiger partial charge in [-0.1, -0.05) is 6.92 Å². The first-order valence-corrected chi connectivity index (χ1v) is 7.73. The highest BCUT2D eigenvalue weighted by Crippen LogP contribution is 2.36. The van der Waals surface area contributed by atoms with Gasteiger partial charge in [0.25, 0.3) is 0 Å². The molecule has 1 aliphatic heterocycles. The lowest BCUT2D eigenvalue weighted by Crippen LogP contribution is -2.35. The molecule has 0 amide bonds. The molecular weight excluding hydrogens is 379 g/mol. The molecule has 1 fully saturated rings. The number of nitrogens with zero attached hydrogens (tertiary/aromatic N) is 3. The second-order valence-corrected chi connectivity index (χ2v) is 6.53. The number of halogens is 4. The van der Waals surface area contributed by atoms with Crippen LogP contribution in [-0.4, -0.2) is 33.1 Å². The number of carbonyl (C=O) groups excluding carboxylic acids is 1. The Morgan fingerprint density at radius 1 is 1.39 bits per heavy atom. The monoisotopic (exact) mass is 391 g/mol. The first-order valence-electron chi connectivity index (χ1n) is 6.94. The van der Waals surface area contributed by atoms with Crippen LogP contribution in [0, 0.1) is 5.92 Å². The Morgan fingerprint density at radius 3 is 2.83 bits per heavy atom. The molecule has 9 heteroatoms. The Morgan fingerprint density at radius 2 is 2.13 bits per heavy atom. The lowest BCUT2D eigenvalue weighted by Gasteiger charge is -2.22. The standard InChI is InChI=1S/C14H13BrF3N3O2/c1-8-4-11(21(5-8)23-13(22)14(16,17)18)10-7-20-6-9(15)2-3-12(20)19-10/h2-3,6-8,11H,4-5H2,1H3. The number of carbonyl (C=O) groups is 1. The number of imidazole rings is 1. The number of alkyl halides is 3. The summed E-state index contributed by atoms with van der Waals surface area (Å²) in [4.78, 5) is 20.1. The molecule has 2 atom stereocenters. The molecular formula is C14H13BrF3N3O2. The maximum absolute atomic E-state index is 12.4. The second-order valence-electron chi connectivity index (χ2n) is 5.61. The van der Waals surface area contributed by atoms with Gasteiger partial charge in [0.15, 0.2) is 0 Å². The molecule has 124 valence electrons. The summed E-state index contributed by atoms with van der Waals surface area (Å²) >= 11 is 3.35. The topological polar surface area (TPSA) is 46.8 Å². The zero-order valence-electron chi connectivity index (χ0n) is 12.0. The first-order chi connectivity index (χ1) is 10.7. The van der Waals surface area contributed by atoms with E-state index in [4.69, 9.17) is 0 Å². The predicted molar refractivity (Wildman–Crippen MR) is 78.3 cm³/mol. The fourth-order valence-electron chi connectivity index (χ4n) is 2.68. The molecule has 0 radical (unpaired) electrons. The van der Waals surface area contributed by atoms with Crippen molar-refractivity contribution in [1.82, 2.24) is 14.4 Å². The molecule has 0 aliphatic carbocycles. The number of pyridine rings is 1. The largest absolute Gasteiger partial charge is 0.492 e. The molecule has 0 saturated carbocycles. The number of hydrogen-bond acceptors (Lipinski definition) is 4. The summed E-state index contributed by atoms with van der Waals surface area (Å²) in [6.45, 7) is 2.13. The molecule has 2 aromatic heterocycles. The first kappa shape index (κ1) is 16.3. The van der Waals surface area contributed by atoms with Crippen LogP contribution in [0.4, 0.5) is 13.2 Å². The maximum atomic E-state index is 12.4. The van der Waals surface area contributed by atoms with E-state index in [1.807, 2.05) is 13.0 Å². The van der Waals surface area contributed by atoms with Gasteiger partial charge in [-0.2, -0.15) is 13.2 Å². The normalized spacial score (nSPS) is 22.7. The number of fused-ring (bicyclic) bond motifs is 1. The fourth-order valence-corrected chi connectivity index (χ4v) is 3.03. The summed E-state index contributed by atoms with van der Waals surface area (Å²) in [6.07, 6.45) is -0.913. The van der Waals surface area contributed by atoms with E-state index >= 15 is 0 Å². The molecule has 0 N–H and O–H groups in total. The van der Waals surface area contributed by atoms with Gasteiger partial charge in [0, 0.05) is 23.4 Å². The smallest absolute Gasteiger partial charge is 0.360 e. The third kappa shape index (κ3) is 3.35. The van der Waals surface area contributed by atoms with Crippen LogP contribution in [0.2, 0.25) is 0 Å². The fraction of sp³-hybridized carbons (Fsp3) is 0.429. The molecule has 2 unspecified atom stereocenters. The van der Waals surface area contributed by atoms with E-state index in [1.165, 1.54) is 0 Å². The SMILES string of the molecule is CC1CC(c2cn3cc(Br)ccc3n2)N(OC(=O)C(F)(F)F)C1. The van der Waals surface area contributed by atoms with Crippen molar-refractivity contribution >= 4 is 27.5 Å².